The molecule has 1 atom stereocenters. The molecule has 0 aromatic heterocycles. The van der Waals surface area contributed by atoms with Gasteiger partial charge in [-0.3, -0.25) is 4.79 Å². The summed E-state index contributed by atoms with van der Waals surface area (Å²) in [6.07, 6.45) is 1.06. The monoisotopic (exact) mass is 368 g/mol. The topological polar surface area (TPSA) is 59.6 Å². The van der Waals surface area contributed by atoms with Crippen LogP contribution in [0.2, 0.25) is 0 Å². The van der Waals surface area contributed by atoms with E-state index in [-0.39, 0.29) is 18.6 Å². The van der Waals surface area contributed by atoms with Crippen LogP contribution in [0.15, 0.2) is 60.7 Å². The summed E-state index contributed by atoms with van der Waals surface area (Å²) < 4.78 is 11.5. The number of anilines is 2. The summed E-state index contributed by atoms with van der Waals surface area (Å²) >= 11 is 0. The van der Waals surface area contributed by atoms with Gasteiger partial charge in [-0.2, -0.15) is 0 Å². The smallest absolute Gasteiger partial charge is 0.243 e. The minimum atomic E-state index is -0.148. The molecule has 0 fully saturated rings. The first-order chi connectivity index (χ1) is 13.0. The summed E-state index contributed by atoms with van der Waals surface area (Å²) in [5, 5.41) is 5.99. The van der Waals surface area contributed by atoms with Gasteiger partial charge in [0.1, 0.15) is 18.1 Å². The van der Waals surface area contributed by atoms with Gasteiger partial charge in [0.25, 0.3) is 0 Å². The predicted octanol–water partition coefficient (Wildman–Crippen LogP) is 4.87. The molecule has 0 aliphatic heterocycles. The second-order valence-electron chi connectivity index (χ2n) is 6.51. The first kappa shape index (κ1) is 20.4. The van der Waals surface area contributed by atoms with E-state index in [1.54, 1.807) is 0 Å². The van der Waals surface area contributed by atoms with Gasteiger partial charge in [0, 0.05) is 11.8 Å². The highest BCUT2D eigenvalue weighted by molar-refractivity contribution is 5.94. The Balaban J connectivity index is 1.91. The molecule has 27 heavy (non-hydrogen) atoms. The van der Waals surface area contributed by atoms with Crippen LogP contribution in [-0.2, 0) is 4.79 Å². The normalized spacial score (nSPS) is 11.4. The van der Waals surface area contributed by atoms with Crippen molar-refractivity contribution < 1.29 is 14.3 Å². The van der Waals surface area contributed by atoms with Crippen LogP contribution in [0.5, 0.6) is 11.5 Å². The van der Waals surface area contributed by atoms with Crippen LogP contribution < -0.4 is 20.1 Å². The van der Waals surface area contributed by atoms with Crippen molar-refractivity contribution in [2.75, 3.05) is 23.8 Å². The lowest BCUT2D eigenvalue weighted by atomic mass is 10.2. The van der Waals surface area contributed by atoms with E-state index in [2.05, 4.69) is 24.1 Å². The third kappa shape index (κ3) is 7.05. The predicted molar refractivity (Wildman–Crippen MR) is 111 cm³/mol. The largest absolute Gasteiger partial charge is 0.491 e. The van der Waals surface area contributed by atoms with Crippen molar-refractivity contribution in [3.63, 3.8) is 0 Å². The number of ether oxygens (including phenoxy) is 2. The molecule has 144 valence electrons. The minimum absolute atomic E-state index is 0.129. The lowest BCUT2D eigenvalue weighted by Gasteiger charge is -2.15. The molecule has 1 amide bonds. The van der Waals surface area contributed by atoms with E-state index in [1.807, 2.05) is 62.4 Å². The second kappa shape index (κ2) is 10.3. The fourth-order valence-corrected chi connectivity index (χ4v) is 2.28. The van der Waals surface area contributed by atoms with E-state index in [1.165, 1.54) is 0 Å². The van der Waals surface area contributed by atoms with Gasteiger partial charge in [-0.15, -0.1) is 0 Å². The quantitative estimate of drug-likeness (QED) is 0.588. The molecule has 0 saturated carbocycles. The summed E-state index contributed by atoms with van der Waals surface area (Å²) in [4.78, 5) is 12.3. The Labute approximate surface area is 161 Å². The second-order valence-corrected chi connectivity index (χ2v) is 6.51. The fraction of sp³-hybridized carbons (Fsp3) is 0.318. The summed E-state index contributed by atoms with van der Waals surface area (Å²) in [5.41, 5.74) is 2.40. The highest BCUT2D eigenvalue weighted by atomic mass is 16.5. The maximum Gasteiger partial charge on any atom is 0.243 e. The van der Waals surface area contributed by atoms with Crippen molar-refractivity contribution >= 4 is 17.3 Å². The molecule has 0 heterocycles. The van der Waals surface area contributed by atoms with Crippen LogP contribution in [0.3, 0.4) is 0 Å². The molecule has 0 radical (unpaired) electrons. The van der Waals surface area contributed by atoms with Crippen LogP contribution in [0, 0.1) is 0 Å². The molecule has 2 N–H and O–H groups in total. The van der Waals surface area contributed by atoms with Crippen molar-refractivity contribution in [1.29, 1.82) is 0 Å². The zero-order chi connectivity index (χ0) is 19.6. The third-order valence-electron chi connectivity index (χ3n) is 3.83. The molecule has 5 heteroatoms. The highest BCUT2D eigenvalue weighted by Gasteiger charge is 2.08. The maximum absolute atomic E-state index is 12.3. The van der Waals surface area contributed by atoms with Crippen molar-refractivity contribution in [3.8, 4) is 11.5 Å². The van der Waals surface area contributed by atoms with Crippen molar-refractivity contribution in [3.05, 3.63) is 60.7 Å². The molecule has 2 rings (SSSR count). The van der Waals surface area contributed by atoms with E-state index < -0.39 is 0 Å². The lowest BCUT2D eigenvalue weighted by Crippen LogP contribution is -2.22. The minimum Gasteiger partial charge on any atom is -0.491 e. The molecule has 2 aromatic rings. The molecule has 0 spiro atoms. The van der Waals surface area contributed by atoms with Gasteiger partial charge in [-0.1, -0.05) is 31.7 Å². The molecule has 1 unspecified atom stereocenters. The number of carbonyl (C=O) groups excluding carboxylic acids is 1. The van der Waals surface area contributed by atoms with Crippen molar-refractivity contribution in [2.24, 2.45) is 0 Å². The molecule has 2 aromatic carbocycles. The lowest BCUT2D eigenvalue weighted by molar-refractivity contribution is -0.114. The number of rotatable bonds is 10. The van der Waals surface area contributed by atoms with E-state index in [0.29, 0.717) is 18.0 Å². The molecule has 0 saturated heterocycles. The molecule has 0 bridgehead atoms. The summed E-state index contributed by atoms with van der Waals surface area (Å²) in [5.74, 6) is 1.29. The van der Waals surface area contributed by atoms with Gasteiger partial charge >= 0.3 is 0 Å². The first-order valence-electron chi connectivity index (χ1n) is 9.14. The molecule has 0 aliphatic rings. The van der Waals surface area contributed by atoms with Crippen LogP contribution in [-0.4, -0.2) is 25.2 Å². The van der Waals surface area contributed by atoms with Crippen molar-refractivity contribution in [2.45, 2.75) is 33.3 Å². The van der Waals surface area contributed by atoms with Gasteiger partial charge in [0.05, 0.1) is 18.3 Å². The fourth-order valence-electron chi connectivity index (χ4n) is 2.28. The zero-order valence-electron chi connectivity index (χ0n) is 16.2. The Morgan fingerprint density at radius 3 is 2.70 bits per heavy atom. The molecule has 0 aliphatic carbocycles. The molecule has 5 nitrogen and oxygen atoms in total. The number of nitrogens with one attached hydrogen (secondary N) is 2. The van der Waals surface area contributed by atoms with Crippen LogP contribution in [0.1, 0.15) is 27.2 Å². The number of benzene rings is 2. The maximum atomic E-state index is 12.3. The number of hydrogen-bond acceptors (Lipinski definition) is 4. The molecular formula is C22H28N2O3. The van der Waals surface area contributed by atoms with E-state index in [9.17, 15) is 4.79 Å². The van der Waals surface area contributed by atoms with E-state index >= 15 is 0 Å². The standard InChI is InChI=1S/C22H28N2O3/c1-5-17(4)27-19-10-8-9-18(13-19)24-22(25)14-23-20-11-6-7-12-21(20)26-15-16(2)3/h6-13,17,23H,2,5,14-15H2,1,3-4H3,(H,24,25). The Morgan fingerprint density at radius 1 is 1.19 bits per heavy atom. The van der Waals surface area contributed by atoms with Gasteiger partial charge in [0.2, 0.25) is 5.91 Å². The van der Waals surface area contributed by atoms with E-state index in [0.717, 1.165) is 23.4 Å². The van der Waals surface area contributed by atoms with Crippen LogP contribution in [0.4, 0.5) is 11.4 Å². The van der Waals surface area contributed by atoms with Gasteiger partial charge < -0.3 is 20.1 Å². The van der Waals surface area contributed by atoms with Crippen LogP contribution >= 0.6 is 0 Å². The average molecular weight is 368 g/mol. The Hall–Kier alpha value is -2.95. The van der Waals surface area contributed by atoms with Gasteiger partial charge in [-0.25, -0.2) is 0 Å². The number of hydrogen-bond donors (Lipinski definition) is 2. The van der Waals surface area contributed by atoms with E-state index in [4.69, 9.17) is 9.47 Å². The Bertz CT molecular complexity index is 774. The first-order valence-corrected chi connectivity index (χ1v) is 9.14. The average Bonchev–Trinajstić information content (AvgIpc) is 2.65. The molecular weight excluding hydrogens is 340 g/mol. The summed E-state index contributed by atoms with van der Waals surface area (Å²) in [7, 11) is 0. The Kier molecular flexibility index (Phi) is 7.74. The summed E-state index contributed by atoms with van der Waals surface area (Å²) in [6, 6.07) is 14.9. The van der Waals surface area contributed by atoms with Gasteiger partial charge in [-0.05, 0) is 50.1 Å². The summed E-state index contributed by atoms with van der Waals surface area (Å²) in [6.45, 7) is 10.4. The SMILES string of the molecule is C=C(C)COc1ccccc1NCC(=O)Nc1cccc(OC(C)CC)c1. The number of para-hydroxylation sites is 2. The Morgan fingerprint density at radius 2 is 1.96 bits per heavy atom. The number of amides is 1. The third-order valence-corrected chi connectivity index (χ3v) is 3.83. The number of carbonyl (C=O) groups is 1. The highest BCUT2D eigenvalue weighted by Crippen LogP contribution is 2.24. The van der Waals surface area contributed by atoms with Crippen molar-refractivity contribution in [1.82, 2.24) is 0 Å². The van der Waals surface area contributed by atoms with Gasteiger partial charge in [0.15, 0.2) is 0 Å². The zero-order valence-corrected chi connectivity index (χ0v) is 16.2. The van der Waals surface area contributed by atoms with Crippen LogP contribution in [0.25, 0.3) is 0 Å².